The fourth-order valence-corrected chi connectivity index (χ4v) is 2.51. The topological polar surface area (TPSA) is 67.2 Å². The number of aromatic nitrogens is 4. The van der Waals surface area contributed by atoms with E-state index >= 15 is 0 Å². The van der Waals surface area contributed by atoms with Gasteiger partial charge in [0.2, 0.25) is 5.91 Å². The second-order valence-corrected chi connectivity index (χ2v) is 5.07. The van der Waals surface area contributed by atoms with Gasteiger partial charge in [0.1, 0.15) is 23.8 Å². The third-order valence-electron chi connectivity index (χ3n) is 3.76. The molecule has 7 heteroatoms. The number of anilines is 1. The summed E-state index contributed by atoms with van der Waals surface area (Å²) in [6.07, 6.45) is 5.21. The molecular weight excluding hydrogens is 268 g/mol. The summed E-state index contributed by atoms with van der Waals surface area (Å²) in [5, 5.41) is 0. The molecule has 0 aliphatic carbocycles. The van der Waals surface area contributed by atoms with E-state index in [9.17, 15) is 4.79 Å². The van der Waals surface area contributed by atoms with E-state index in [1.807, 2.05) is 28.7 Å². The monoisotopic (exact) mass is 286 g/mol. The molecule has 0 N–H and O–H groups in total. The number of nitrogens with zero attached hydrogens (tertiary/aromatic N) is 6. The van der Waals surface area contributed by atoms with Gasteiger partial charge in [0, 0.05) is 51.6 Å². The minimum absolute atomic E-state index is 0.132. The van der Waals surface area contributed by atoms with Crippen molar-refractivity contribution in [3.8, 4) is 5.82 Å². The molecule has 0 spiro atoms. The van der Waals surface area contributed by atoms with Gasteiger partial charge in [-0.05, 0) is 6.92 Å². The first-order valence-electron chi connectivity index (χ1n) is 6.98. The van der Waals surface area contributed by atoms with Gasteiger partial charge in [0.05, 0.1) is 0 Å². The Balaban J connectivity index is 1.78. The SMILES string of the molecule is CC(=O)N1CCN(c2cc(-n3ccnc3C)ncn2)CC1. The molecule has 1 fully saturated rings. The number of aryl methyl sites for hydroxylation is 1. The molecule has 0 radical (unpaired) electrons. The first-order valence-corrected chi connectivity index (χ1v) is 6.98. The predicted octanol–water partition coefficient (Wildman–Crippen LogP) is 0.639. The van der Waals surface area contributed by atoms with Gasteiger partial charge in [-0.1, -0.05) is 0 Å². The lowest BCUT2D eigenvalue weighted by Crippen LogP contribution is -2.48. The average Bonchev–Trinajstić information content (AvgIpc) is 2.94. The molecule has 2 aromatic heterocycles. The molecule has 0 bridgehead atoms. The summed E-state index contributed by atoms with van der Waals surface area (Å²) < 4.78 is 1.93. The smallest absolute Gasteiger partial charge is 0.219 e. The van der Waals surface area contributed by atoms with E-state index in [1.54, 1.807) is 19.4 Å². The molecule has 21 heavy (non-hydrogen) atoms. The molecule has 0 saturated carbocycles. The molecule has 0 unspecified atom stereocenters. The van der Waals surface area contributed by atoms with E-state index in [0.29, 0.717) is 0 Å². The van der Waals surface area contributed by atoms with Crippen molar-refractivity contribution in [2.75, 3.05) is 31.1 Å². The van der Waals surface area contributed by atoms with Crippen LogP contribution in [0.3, 0.4) is 0 Å². The molecule has 110 valence electrons. The van der Waals surface area contributed by atoms with Crippen molar-refractivity contribution >= 4 is 11.7 Å². The number of carbonyl (C=O) groups is 1. The summed E-state index contributed by atoms with van der Waals surface area (Å²) >= 11 is 0. The van der Waals surface area contributed by atoms with Crippen LogP contribution in [0.25, 0.3) is 5.82 Å². The summed E-state index contributed by atoms with van der Waals surface area (Å²) in [6, 6.07) is 1.96. The Kier molecular flexibility index (Phi) is 3.55. The van der Waals surface area contributed by atoms with Gasteiger partial charge < -0.3 is 9.80 Å². The predicted molar refractivity (Wildman–Crippen MR) is 78.4 cm³/mol. The lowest BCUT2D eigenvalue weighted by Gasteiger charge is -2.34. The molecule has 3 heterocycles. The first-order chi connectivity index (χ1) is 10.1. The van der Waals surface area contributed by atoms with Crippen molar-refractivity contribution in [2.45, 2.75) is 13.8 Å². The number of carbonyl (C=O) groups excluding carboxylic acids is 1. The Labute approximate surface area is 123 Å². The van der Waals surface area contributed by atoms with E-state index in [1.165, 1.54) is 0 Å². The number of amides is 1. The highest BCUT2D eigenvalue weighted by Gasteiger charge is 2.20. The van der Waals surface area contributed by atoms with E-state index in [0.717, 1.165) is 43.6 Å². The summed E-state index contributed by atoms with van der Waals surface area (Å²) in [5.41, 5.74) is 0. The minimum atomic E-state index is 0.132. The van der Waals surface area contributed by atoms with Crippen molar-refractivity contribution in [2.24, 2.45) is 0 Å². The largest absolute Gasteiger partial charge is 0.353 e. The maximum atomic E-state index is 11.4. The van der Waals surface area contributed by atoms with Gasteiger partial charge in [0.25, 0.3) is 0 Å². The highest BCUT2D eigenvalue weighted by molar-refractivity contribution is 5.73. The van der Waals surface area contributed by atoms with Crippen LogP contribution in [0.1, 0.15) is 12.7 Å². The number of hydrogen-bond acceptors (Lipinski definition) is 5. The molecule has 0 aromatic carbocycles. The molecular formula is C14H18N6O. The second kappa shape index (κ2) is 5.51. The lowest BCUT2D eigenvalue weighted by molar-refractivity contribution is -0.129. The molecule has 1 aliphatic heterocycles. The zero-order valence-corrected chi connectivity index (χ0v) is 12.2. The third kappa shape index (κ3) is 2.72. The fourth-order valence-electron chi connectivity index (χ4n) is 2.51. The quantitative estimate of drug-likeness (QED) is 0.810. The average molecular weight is 286 g/mol. The molecule has 1 amide bonds. The van der Waals surface area contributed by atoms with Crippen LogP contribution in [0.2, 0.25) is 0 Å². The van der Waals surface area contributed by atoms with Gasteiger partial charge in [-0.3, -0.25) is 9.36 Å². The summed E-state index contributed by atoms with van der Waals surface area (Å²) in [4.78, 5) is 28.3. The maximum absolute atomic E-state index is 11.4. The zero-order valence-electron chi connectivity index (χ0n) is 12.2. The van der Waals surface area contributed by atoms with E-state index in [-0.39, 0.29) is 5.91 Å². The fraction of sp³-hybridized carbons (Fsp3) is 0.429. The normalized spacial score (nSPS) is 15.3. The van der Waals surface area contributed by atoms with Crippen molar-refractivity contribution in [3.05, 3.63) is 30.6 Å². The molecule has 0 atom stereocenters. The van der Waals surface area contributed by atoms with Crippen LogP contribution in [0.15, 0.2) is 24.8 Å². The number of piperazine rings is 1. The molecule has 1 saturated heterocycles. The van der Waals surface area contributed by atoms with Crippen LogP contribution in [-0.4, -0.2) is 56.5 Å². The van der Waals surface area contributed by atoms with Crippen LogP contribution < -0.4 is 4.90 Å². The Morgan fingerprint density at radius 1 is 1.10 bits per heavy atom. The van der Waals surface area contributed by atoms with E-state index < -0.39 is 0 Å². The van der Waals surface area contributed by atoms with Crippen LogP contribution in [-0.2, 0) is 4.79 Å². The summed E-state index contributed by atoms with van der Waals surface area (Å²) in [5.74, 6) is 2.72. The molecule has 3 rings (SSSR count). The molecule has 7 nitrogen and oxygen atoms in total. The van der Waals surface area contributed by atoms with Gasteiger partial charge in [-0.15, -0.1) is 0 Å². The third-order valence-corrected chi connectivity index (χ3v) is 3.76. The summed E-state index contributed by atoms with van der Waals surface area (Å²) in [6.45, 7) is 6.60. The van der Waals surface area contributed by atoms with E-state index in [2.05, 4.69) is 19.9 Å². The molecule has 1 aliphatic rings. The lowest BCUT2D eigenvalue weighted by atomic mass is 10.3. The minimum Gasteiger partial charge on any atom is -0.353 e. The zero-order chi connectivity index (χ0) is 14.8. The van der Waals surface area contributed by atoms with Gasteiger partial charge in [0.15, 0.2) is 0 Å². The van der Waals surface area contributed by atoms with Crippen molar-refractivity contribution in [1.82, 2.24) is 24.4 Å². The first kappa shape index (κ1) is 13.5. The van der Waals surface area contributed by atoms with Crippen LogP contribution in [0.4, 0.5) is 5.82 Å². The van der Waals surface area contributed by atoms with Gasteiger partial charge in [-0.2, -0.15) is 0 Å². The standard InChI is InChI=1S/C14H18N6O/c1-11-15-3-4-20(11)14-9-13(16-10-17-14)19-7-5-18(6-8-19)12(2)21/h3-4,9-10H,5-8H2,1-2H3. The van der Waals surface area contributed by atoms with Crippen LogP contribution in [0.5, 0.6) is 0 Å². The highest BCUT2D eigenvalue weighted by Crippen LogP contribution is 2.16. The number of rotatable bonds is 2. The molecule has 2 aromatic rings. The summed E-state index contributed by atoms with van der Waals surface area (Å²) in [7, 11) is 0. The number of hydrogen-bond donors (Lipinski definition) is 0. The van der Waals surface area contributed by atoms with Crippen LogP contribution >= 0.6 is 0 Å². The Hall–Kier alpha value is -2.44. The Morgan fingerprint density at radius 2 is 1.81 bits per heavy atom. The van der Waals surface area contributed by atoms with E-state index in [4.69, 9.17) is 0 Å². The number of imidazole rings is 1. The van der Waals surface area contributed by atoms with Gasteiger partial charge in [-0.25, -0.2) is 15.0 Å². The van der Waals surface area contributed by atoms with Crippen molar-refractivity contribution in [3.63, 3.8) is 0 Å². The second-order valence-electron chi connectivity index (χ2n) is 5.07. The maximum Gasteiger partial charge on any atom is 0.219 e. The van der Waals surface area contributed by atoms with Crippen LogP contribution in [0, 0.1) is 6.92 Å². The van der Waals surface area contributed by atoms with Crippen molar-refractivity contribution < 1.29 is 4.79 Å². The van der Waals surface area contributed by atoms with Crippen molar-refractivity contribution in [1.29, 1.82) is 0 Å². The Bertz CT molecular complexity index is 644. The highest BCUT2D eigenvalue weighted by atomic mass is 16.2. The van der Waals surface area contributed by atoms with Gasteiger partial charge >= 0.3 is 0 Å². The Morgan fingerprint density at radius 3 is 2.43 bits per heavy atom.